The summed E-state index contributed by atoms with van der Waals surface area (Å²) in [5.74, 6) is -0.469. The first-order chi connectivity index (χ1) is 16.8. The molecule has 1 aliphatic carbocycles. The van der Waals surface area contributed by atoms with Crippen molar-refractivity contribution in [1.29, 1.82) is 0 Å². The predicted molar refractivity (Wildman–Crippen MR) is 131 cm³/mol. The molecule has 35 heavy (non-hydrogen) atoms. The van der Waals surface area contributed by atoms with Crippen LogP contribution in [-0.2, 0) is 0 Å². The van der Waals surface area contributed by atoms with Crippen LogP contribution in [0.2, 0.25) is 5.02 Å². The molecule has 2 aromatic heterocycles. The minimum Gasteiger partial charge on any atom is -0.390 e. The van der Waals surface area contributed by atoms with Crippen LogP contribution in [0.4, 0.5) is 20.4 Å². The third-order valence-electron chi connectivity index (χ3n) is 6.41. The first kappa shape index (κ1) is 23.4. The van der Waals surface area contributed by atoms with Crippen LogP contribution in [0.15, 0.2) is 61.1 Å². The van der Waals surface area contributed by atoms with Gasteiger partial charge in [0.1, 0.15) is 11.6 Å². The maximum Gasteiger partial charge on any atom is 0.227 e. The van der Waals surface area contributed by atoms with Crippen molar-refractivity contribution < 1.29 is 13.9 Å². The minimum absolute atomic E-state index is 0.129. The highest BCUT2D eigenvalue weighted by Gasteiger charge is 2.31. The summed E-state index contributed by atoms with van der Waals surface area (Å²) in [6.07, 6.45) is 6.35. The molecule has 2 N–H and O–H groups in total. The molecule has 0 aliphatic heterocycles. The standard InChI is InChI=1S/C26H24ClF2N5O/c1-26(35)11-8-19(9-12-26)34-15-31-23(16-2-4-17(28)5-3-16)24(34)22-10-13-30-25(33-22)32-21-7-6-18(29)14-20(21)27/h2-7,10,13-15,19,35H,8-9,11-12H2,1H3,(H,30,32,33)/t19-,26-. The first-order valence-electron chi connectivity index (χ1n) is 11.4. The summed E-state index contributed by atoms with van der Waals surface area (Å²) >= 11 is 6.16. The van der Waals surface area contributed by atoms with Gasteiger partial charge in [0, 0.05) is 17.8 Å². The van der Waals surface area contributed by atoms with Crippen molar-refractivity contribution >= 4 is 23.2 Å². The number of anilines is 2. The van der Waals surface area contributed by atoms with Gasteiger partial charge in [0.2, 0.25) is 5.95 Å². The van der Waals surface area contributed by atoms with E-state index in [0.717, 1.165) is 24.1 Å². The van der Waals surface area contributed by atoms with E-state index in [1.165, 1.54) is 30.3 Å². The van der Waals surface area contributed by atoms with Gasteiger partial charge >= 0.3 is 0 Å². The second-order valence-electron chi connectivity index (χ2n) is 9.10. The van der Waals surface area contributed by atoms with Crippen LogP contribution in [0.25, 0.3) is 22.6 Å². The molecule has 9 heteroatoms. The lowest BCUT2D eigenvalue weighted by Crippen LogP contribution is -2.31. The Morgan fingerprint density at radius 3 is 2.46 bits per heavy atom. The van der Waals surface area contributed by atoms with Crippen molar-refractivity contribution in [1.82, 2.24) is 19.5 Å². The van der Waals surface area contributed by atoms with E-state index in [1.807, 2.05) is 6.92 Å². The van der Waals surface area contributed by atoms with Gasteiger partial charge in [0.05, 0.1) is 39.7 Å². The number of nitrogens with one attached hydrogen (secondary N) is 1. The Bertz CT molecular complexity index is 1350. The largest absolute Gasteiger partial charge is 0.390 e. The summed E-state index contributed by atoms with van der Waals surface area (Å²) in [5.41, 5.74) is 2.64. The Hall–Kier alpha value is -3.36. The number of halogens is 3. The van der Waals surface area contributed by atoms with Gasteiger partial charge in [-0.05, 0) is 81.1 Å². The Labute approximate surface area is 206 Å². The van der Waals surface area contributed by atoms with Gasteiger partial charge in [-0.3, -0.25) is 0 Å². The highest BCUT2D eigenvalue weighted by Crippen LogP contribution is 2.40. The number of rotatable bonds is 5. The van der Waals surface area contributed by atoms with Crippen LogP contribution in [0.5, 0.6) is 0 Å². The van der Waals surface area contributed by atoms with Gasteiger partial charge in [-0.25, -0.2) is 23.7 Å². The molecule has 1 aliphatic rings. The van der Waals surface area contributed by atoms with Gasteiger partial charge in [0.15, 0.2) is 0 Å². The molecule has 0 unspecified atom stereocenters. The third kappa shape index (κ3) is 5.04. The molecule has 4 aromatic rings. The number of hydrogen-bond acceptors (Lipinski definition) is 5. The monoisotopic (exact) mass is 495 g/mol. The number of aromatic nitrogens is 4. The van der Waals surface area contributed by atoms with Crippen molar-refractivity contribution in [2.24, 2.45) is 0 Å². The molecular formula is C26H24ClF2N5O. The molecule has 0 atom stereocenters. The molecule has 6 nitrogen and oxygen atoms in total. The number of nitrogens with zero attached hydrogens (tertiary/aromatic N) is 4. The van der Waals surface area contributed by atoms with Crippen LogP contribution in [0.3, 0.4) is 0 Å². The van der Waals surface area contributed by atoms with Crippen LogP contribution in [0, 0.1) is 11.6 Å². The molecule has 1 saturated carbocycles. The average molecular weight is 496 g/mol. The molecule has 1 fully saturated rings. The van der Waals surface area contributed by atoms with E-state index in [-0.39, 0.29) is 16.9 Å². The van der Waals surface area contributed by atoms with Crippen molar-refractivity contribution in [3.05, 3.63) is 77.7 Å². The normalized spacial score (nSPS) is 20.1. The van der Waals surface area contributed by atoms with Crippen molar-refractivity contribution in [2.45, 2.75) is 44.2 Å². The van der Waals surface area contributed by atoms with E-state index in [9.17, 15) is 13.9 Å². The fraction of sp³-hybridized carbons (Fsp3) is 0.269. The molecule has 0 radical (unpaired) electrons. The molecule has 0 spiro atoms. The quantitative estimate of drug-likeness (QED) is 0.328. The molecule has 0 saturated heterocycles. The SMILES string of the molecule is C[C@]1(O)CC[C@H](n2cnc(-c3ccc(F)cc3)c2-c2ccnc(Nc3ccc(F)cc3Cl)n2)CC1. The van der Waals surface area contributed by atoms with E-state index < -0.39 is 11.4 Å². The van der Waals surface area contributed by atoms with Crippen LogP contribution >= 0.6 is 11.6 Å². The zero-order chi connectivity index (χ0) is 24.6. The smallest absolute Gasteiger partial charge is 0.227 e. The Morgan fingerprint density at radius 1 is 1.03 bits per heavy atom. The third-order valence-corrected chi connectivity index (χ3v) is 6.73. The van der Waals surface area contributed by atoms with E-state index in [4.69, 9.17) is 16.6 Å². The molecule has 0 amide bonds. The molecule has 2 aromatic carbocycles. The van der Waals surface area contributed by atoms with Crippen LogP contribution < -0.4 is 5.32 Å². The predicted octanol–water partition coefficient (Wildman–Crippen LogP) is 6.55. The maximum atomic E-state index is 13.6. The number of benzene rings is 2. The lowest BCUT2D eigenvalue weighted by atomic mass is 9.83. The molecule has 5 rings (SSSR count). The van der Waals surface area contributed by atoms with Crippen molar-refractivity contribution in [3.8, 4) is 22.6 Å². The lowest BCUT2D eigenvalue weighted by molar-refractivity contribution is 0.0101. The second kappa shape index (κ2) is 9.36. The molecule has 2 heterocycles. The van der Waals surface area contributed by atoms with Crippen molar-refractivity contribution in [2.75, 3.05) is 5.32 Å². The number of hydrogen-bond donors (Lipinski definition) is 2. The Morgan fingerprint density at radius 2 is 1.74 bits per heavy atom. The number of imidazole rings is 1. The van der Waals surface area contributed by atoms with Crippen LogP contribution in [-0.4, -0.2) is 30.2 Å². The van der Waals surface area contributed by atoms with Crippen molar-refractivity contribution in [3.63, 3.8) is 0 Å². The first-order valence-corrected chi connectivity index (χ1v) is 11.8. The lowest BCUT2D eigenvalue weighted by Gasteiger charge is -2.34. The summed E-state index contributed by atoms with van der Waals surface area (Å²) in [7, 11) is 0. The van der Waals surface area contributed by atoms with Gasteiger partial charge in [0.25, 0.3) is 0 Å². The summed E-state index contributed by atoms with van der Waals surface area (Å²) in [4.78, 5) is 13.7. The fourth-order valence-electron chi connectivity index (χ4n) is 4.48. The molecule has 0 bridgehead atoms. The highest BCUT2D eigenvalue weighted by atomic mass is 35.5. The van der Waals surface area contributed by atoms with Gasteiger partial charge in [-0.1, -0.05) is 11.6 Å². The fourth-order valence-corrected chi connectivity index (χ4v) is 4.69. The van der Waals surface area contributed by atoms with Crippen LogP contribution in [0.1, 0.15) is 38.6 Å². The molecular weight excluding hydrogens is 472 g/mol. The van der Waals surface area contributed by atoms with E-state index in [0.29, 0.717) is 35.9 Å². The average Bonchev–Trinajstić information content (AvgIpc) is 3.27. The zero-order valence-electron chi connectivity index (χ0n) is 19.0. The van der Waals surface area contributed by atoms with Gasteiger partial charge in [-0.2, -0.15) is 0 Å². The maximum absolute atomic E-state index is 13.6. The van der Waals surface area contributed by atoms with E-state index in [1.54, 1.807) is 30.7 Å². The van der Waals surface area contributed by atoms with E-state index in [2.05, 4.69) is 19.9 Å². The Balaban J connectivity index is 1.56. The van der Waals surface area contributed by atoms with Gasteiger partial charge < -0.3 is 15.0 Å². The molecule has 180 valence electrons. The van der Waals surface area contributed by atoms with Gasteiger partial charge in [-0.15, -0.1) is 0 Å². The zero-order valence-corrected chi connectivity index (χ0v) is 19.8. The number of aliphatic hydroxyl groups is 1. The summed E-state index contributed by atoms with van der Waals surface area (Å²) in [5, 5.41) is 13.7. The highest BCUT2D eigenvalue weighted by molar-refractivity contribution is 6.33. The minimum atomic E-state index is -0.669. The summed E-state index contributed by atoms with van der Waals surface area (Å²) in [6, 6.07) is 12.1. The summed E-state index contributed by atoms with van der Waals surface area (Å²) < 4.78 is 29.1. The Kier molecular flexibility index (Phi) is 6.25. The topological polar surface area (TPSA) is 75.9 Å². The second-order valence-corrected chi connectivity index (χ2v) is 9.51. The van der Waals surface area contributed by atoms with E-state index >= 15 is 0 Å². The summed E-state index contributed by atoms with van der Waals surface area (Å²) in [6.45, 7) is 1.87.